The highest BCUT2D eigenvalue weighted by molar-refractivity contribution is 5.94. The van der Waals surface area contributed by atoms with Crippen molar-refractivity contribution in [1.82, 2.24) is 16.0 Å². The highest BCUT2D eigenvalue weighted by Gasteiger charge is 2.30. The van der Waals surface area contributed by atoms with Crippen molar-refractivity contribution in [2.45, 2.75) is 62.7 Å². The zero-order valence-corrected chi connectivity index (χ0v) is 21.3. The number of hydrogen-bond donors (Lipinski definition) is 9. The Kier molecular flexibility index (Phi) is 15.0. The number of hydrogen-bond acceptors (Lipinski definition) is 8. The van der Waals surface area contributed by atoms with Gasteiger partial charge in [-0.3, -0.25) is 19.4 Å². The lowest BCUT2D eigenvalue weighted by Gasteiger charge is -2.25. The molecule has 0 aromatic heterocycles. The molecule has 0 heterocycles. The minimum Gasteiger partial charge on any atom is -0.480 e. The summed E-state index contributed by atoms with van der Waals surface area (Å²) in [6, 6.07) is 4.22. The molecule has 0 radical (unpaired) electrons. The average Bonchev–Trinajstić information content (AvgIpc) is 2.88. The van der Waals surface area contributed by atoms with Crippen molar-refractivity contribution in [1.29, 1.82) is 0 Å². The number of carboxylic acid groups (broad SMARTS) is 1. The van der Waals surface area contributed by atoms with Gasteiger partial charge in [-0.05, 0) is 44.2 Å². The van der Waals surface area contributed by atoms with Crippen LogP contribution in [0.5, 0.6) is 0 Å². The predicted molar refractivity (Wildman–Crippen MR) is 141 cm³/mol. The third-order valence-corrected chi connectivity index (χ3v) is 5.59. The maximum atomic E-state index is 13.2. The normalized spacial score (nSPS) is 13.9. The number of aliphatic imine (C=N–C) groups is 1. The third kappa shape index (κ3) is 12.5. The molecule has 1 aromatic rings. The molecule has 0 fully saturated rings. The fraction of sp³-hybridized carbons (Fsp3) is 0.542. The first-order valence-electron chi connectivity index (χ1n) is 12.4. The molecule has 4 unspecified atom stereocenters. The van der Waals surface area contributed by atoms with Crippen molar-refractivity contribution in [2.75, 3.05) is 19.7 Å². The van der Waals surface area contributed by atoms with Crippen LogP contribution < -0.4 is 38.9 Å². The summed E-state index contributed by atoms with van der Waals surface area (Å²) in [5.74, 6) is -3.47. The number of carboxylic acids is 1. The first-order valence-corrected chi connectivity index (χ1v) is 12.4. The van der Waals surface area contributed by atoms with E-state index in [1.165, 1.54) is 0 Å². The van der Waals surface area contributed by atoms with Gasteiger partial charge in [0.25, 0.3) is 0 Å². The number of unbranched alkanes of at least 4 members (excludes halogenated alkanes) is 1. The van der Waals surface area contributed by atoms with Gasteiger partial charge in [0.05, 0.1) is 6.61 Å². The number of guanidine groups is 1. The van der Waals surface area contributed by atoms with E-state index in [0.717, 1.165) is 5.56 Å². The number of rotatable bonds is 18. The molecule has 14 heteroatoms. The molecule has 0 spiro atoms. The van der Waals surface area contributed by atoms with E-state index in [1.54, 1.807) is 30.3 Å². The maximum Gasteiger partial charge on any atom is 0.326 e. The van der Waals surface area contributed by atoms with Crippen LogP contribution in [0.25, 0.3) is 0 Å². The lowest BCUT2D eigenvalue weighted by Crippen LogP contribution is -2.58. The number of aliphatic hydroxyl groups is 1. The molecule has 0 aliphatic rings. The Bertz CT molecular complexity index is 926. The van der Waals surface area contributed by atoms with Gasteiger partial charge >= 0.3 is 5.97 Å². The van der Waals surface area contributed by atoms with Crippen LogP contribution in [0.2, 0.25) is 0 Å². The Labute approximate surface area is 221 Å². The summed E-state index contributed by atoms with van der Waals surface area (Å²) in [4.78, 5) is 54.1. The first-order chi connectivity index (χ1) is 18.1. The first kappa shape index (κ1) is 32.3. The Balaban J connectivity index is 3.03. The minimum absolute atomic E-state index is 0.0626. The molecule has 38 heavy (non-hydrogen) atoms. The van der Waals surface area contributed by atoms with Crippen LogP contribution in [0.15, 0.2) is 35.3 Å². The molecule has 1 rings (SSSR count). The number of nitrogens with two attached hydrogens (primary N) is 4. The summed E-state index contributed by atoms with van der Waals surface area (Å²) in [7, 11) is 0. The molecule has 212 valence electrons. The van der Waals surface area contributed by atoms with Crippen molar-refractivity contribution in [3.8, 4) is 0 Å². The lowest BCUT2D eigenvalue weighted by molar-refractivity contribution is -0.142. The molecule has 0 aliphatic heterocycles. The summed E-state index contributed by atoms with van der Waals surface area (Å²) >= 11 is 0. The second-order valence-electron chi connectivity index (χ2n) is 8.73. The number of nitrogens with one attached hydrogen (secondary N) is 3. The van der Waals surface area contributed by atoms with E-state index in [1.807, 2.05) is 0 Å². The van der Waals surface area contributed by atoms with E-state index in [9.17, 15) is 29.4 Å². The standard InChI is InChI=1S/C24H40N8O6/c25-11-5-4-9-17(21(35)31-18(23(37)38)10-6-12-29-24(27)28)30-22(36)19(32-20(34)16(26)14-33)13-15-7-2-1-3-8-15/h1-3,7-8,16-19,33H,4-6,9-14,25-26H2,(H,30,36)(H,31,35)(H,32,34)(H,37,38)(H4,27,28,29). The summed E-state index contributed by atoms with van der Waals surface area (Å²) in [6.45, 7) is -0.0541. The largest absolute Gasteiger partial charge is 0.480 e. The van der Waals surface area contributed by atoms with Crippen LogP contribution in [0, 0.1) is 0 Å². The highest BCUT2D eigenvalue weighted by Crippen LogP contribution is 2.08. The number of aliphatic hydroxyl groups excluding tert-OH is 1. The molecular formula is C24H40N8O6. The molecule has 0 saturated carbocycles. The van der Waals surface area contributed by atoms with Gasteiger partial charge in [0.15, 0.2) is 5.96 Å². The van der Waals surface area contributed by atoms with Gasteiger partial charge in [0.1, 0.15) is 24.2 Å². The van der Waals surface area contributed by atoms with Crippen LogP contribution in [0.3, 0.4) is 0 Å². The molecule has 3 amide bonds. The number of carbonyl (C=O) groups excluding carboxylic acids is 3. The number of amides is 3. The van der Waals surface area contributed by atoms with Crippen molar-refractivity contribution in [3.05, 3.63) is 35.9 Å². The number of aliphatic carboxylic acids is 1. The predicted octanol–water partition coefficient (Wildman–Crippen LogP) is -2.73. The van der Waals surface area contributed by atoms with Gasteiger partial charge in [-0.15, -0.1) is 0 Å². The van der Waals surface area contributed by atoms with Crippen molar-refractivity contribution in [2.24, 2.45) is 27.9 Å². The Hall–Kier alpha value is -3.75. The maximum absolute atomic E-state index is 13.2. The van der Waals surface area contributed by atoms with Crippen molar-refractivity contribution >= 4 is 29.7 Å². The van der Waals surface area contributed by atoms with Gasteiger partial charge in [-0.1, -0.05) is 30.3 Å². The zero-order valence-electron chi connectivity index (χ0n) is 21.3. The van der Waals surface area contributed by atoms with Gasteiger partial charge in [0.2, 0.25) is 17.7 Å². The third-order valence-electron chi connectivity index (χ3n) is 5.59. The van der Waals surface area contributed by atoms with Crippen LogP contribution in [-0.2, 0) is 25.6 Å². The van der Waals surface area contributed by atoms with E-state index in [2.05, 4.69) is 20.9 Å². The fourth-order valence-electron chi connectivity index (χ4n) is 3.49. The molecule has 1 aromatic carbocycles. The minimum atomic E-state index is -1.25. The zero-order chi connectivity index (χ0) is 28.5. The van der Waals surface area contributed by atoms with Gasteiger partial charge in [0, 0.05) is 13.0 Å². The van der Waals surface area contributed by atoms with Crippen LogP contribution in [0.4, 0.5) is 0 Å². The Morgan fingerprint density at radius 2 is 1.42 bits per heavy atom. The van der Waals surface area contributed by atoms with E-state index >= 15 is 0 Å². The lowest BCUT2D eigenvalue weighted by atomic mass is 10.0. The molecular weight excluding hydrogens is 496 g/mol. The van der Waals surface area contributed by atoms with Gasteiger partial charge in [-0.2, -0.15) is 0 Å². The van der Waals surface area contributed by atoms with E-state index in [4.69, 9.17) is 22.9 Å². The molecule has 4 atom stereocenters. The molecule has 0 bridgehead atoms. The van der Waals surface area contributed by atoms with E-state index < -0.39 is 54.5 Å². The second-order valence-corrected chi connectivity index (χ2v) is 8.73. The van der Waals surface area contributed by atoms with E-state index in [0.29, 0.717) is 25.8 Å². The van der Waals surface area contributed by atoms with Crippen LogP contribution >= 0.6 is 0 Å². The Morgan fingerprint density at radius 1 is 0.842 bits per heavy atom. The van der Waals surface area contributed by atoms with Crippen molar-refractivity contribution < 1.29 is 29.4 Å². The number of benzene rings is 1. The van der Waals surface area contributed by atoms with E-state index in [-0.39, 0.29) is 31.8 Å². The fourth-order valence-corrected chi connectivity index (χ4v) is 3.49. The van der Waals surface area contributed by atoms with Gasteiger partial charge < -0.3 is 49.1 Å². The van der Waals surface area contributed by atoms with Crippen LogP contribution in [0.1, 0.15) is 37.7 Å². The smallest absolute Gasteiger partial charge is 0.326 e. The summed E-state index contributed by atoms with van der Waals surface area (Å²) in [6.07, 6.45) is 1.72. The van der Waals surface area contributed by atoms with Crippen LogP contribution in [-0.4, -0.2) is 83.7 Å². The number of carbonyl (C=O) groups is 4. The monoisotopic (exact) mass is 536 g/mol. The molecule has 0 saturated heterocycles. The Morgan fingerprint density at radius 3 is 2.00 bits per heavy atom. The SMILES string of the molecule is NCCCCC(NC(=O)C(Cc1ccccc1)NC(=O)C(N)CO)C(=O)NC(CCCN=C(N)N)C(=O)O. The highest BCUT2D eigenvalue weighted by atomic mass is 16.4. The second kappa shape index (κ2) is 17.7. The molecule has 0 aliphatic carbocycles. The van der Waals surface area contributed by atoms with Crippen molar-refractivity contribution in [3.63, 3.8) is 0 Å². The van der Waals surface area contributed by atoms with Gasteiger partial charge in [-0.25, -0.2) is 4.79 Å². The molecule has 13 N–H and O–H groups in total. The number of nitrogens with zero attached hydrogens (tertiary/aromatic N) is 1. The summed E-state index contributed by atoms with van der Waals surface area (Å²) in [5.41, 5.74) is 22.4. The topological polar surface area (TPSA) is 261 Å². The quantitative estimate of drug-likeness (QED) is 0.0531. The molecule has 14 nitrogen and oxygen atoms in total. The summed E-state index contributed by atoms with van der Waals surface area (Å²) in [5, 5.41) is 26.4. The average molecular weight is 537 g/mol. The summed E-state index contributed by atoms with van der Waals surface area (Å²) < 4.78 is 0.